The van der Waals surface area contributed by atoms with E-state index in [1.54, 1.807) is 0 Å². The van der Waals surface area contributed by atoms with E-state index in [1.165, 1.54) is 11.1 Å². The number of amidine groups is 1. The van der Waals surface area contributed by atoms with E-state index in [0.717, 1.165) is 23.6 Å². The molecule has 1 heterocycles. The fourth-order valence-corrected chi connectivity index (χ4v) is 1.79. The second kappa shape index (κ2) is 6.24. The summed E-state index contributed by atoms with van der Waals surface area (Å²) in [5.74, 6) is 0.964. The number of hydrogen-bond acceptors (Lipinski definition) is 2. The van der Waals surface area contributed by atoms with Crippen LogP contribution < -0.4 is 5.32 Å². The minimum absolute atomic E-state index is 0.964. The first-order valence-electron chi connectivity index (χ1n) is 6.34. The van der Waals surface area contributed by atoms with Crippen molar-refractivity contribution >= 4 is 17.2 Å². The Kier molecular flexibility index (Phi) is 4.95. The highest BCUT2D eigenvalue weighted by molar-refractivity contribution is 6.03. The molecule has 1 aromatic carbocycles. The van der Waals surface area contributed by atoms with Crippen LogP contribution in [0.3, 0.4) is 0 Å². The monoisotopic (exact) mass is 230 g/mol. The van der Waals surface area contributed by atoms with Gasteiger partial charge in [0.05, 0.1) is 5.70 Å². The van der Waals surface area contributed by atoms with Gasteiger partial charge in [-0.3, -0.25) is 0 Å². The van der Waals surface area contributed by atoms with Gasteiger partial charge in [0.1, 0.15) is 5.84 Å². The lowest BCUT2D eigenvalue weighted by Gasteiger charge is -2.18. The minimum atomic E-state index is 0.964. The van der Waals surface area contributed by atoms with Crippen molar-refractivity contribution in [3.8, 4) is 0 Å². The first kappa shape index (κ1) is 13.5. The van der Waals surface area contributed by atoms with E-state index in [0.29, 0.717) is 0 Å². The summed E-state index contributed by atoms with van der Waals surface area (Å²) in [6, 6.07) is 6.42. The maximum absolute atomic E-state index is 4.52. The molecular formula is C15H22N2. The number of hydrogen-bond donors (Lipinski definition) is 1. The summed E-state index contributed by atoms with van der Waals surface area (Å²) in [6.45, 7) is 10.2. The maximum Gasteiger partial charge on any atom is 0.103 e. The molecule has 1 aliphatic heterocycles. The molecular weight excluding hydrogens is 208 g/mol. The van der Waals surface area contributed by atoms with Crippen LogP contribution in [0.15, 0.2) is 29.3 Å². The van der Waals surface area contributed by atoms with Crippen LogP contribution in [0.4, 0.5) is 5.69 Å². The van der Waals surface area contributed by atoms with Crippen molar-refractivity contribution in [3.63, 3.8) is 0 Å². The molecule has 0 radical (unpaired) electrons. The van der Waals surface area contributed by atoms with E-state index >= 15 is 0 Å². The summed E-state index contributed by atoms with van der Waals surface area (Å²) >= 11 is 0. The van der Waals surface area contributed by atoms with Crippen LogP contribution in [0.25, 0.3) is 5.70 Å². The van der Waals surface area contributed by atoms with Crippen molar-refractivity contribution in [1.82, 2.24) is 0 Å². The molecule has 0 saturated heterocycles. The molecule has 0 amide bonds. The molecule has 0 aliphatic carbocycles. The maximum atomic E-state index is 4.52. The molecule has 0 unspecified atom stereocenters. The quantitative estimate of drug-likeness (QED) is 0.748. The van der Waals surface area contributed by atoms with Crippen molar-refractivity contribution in [3.05, 3.63) is 35.4 Å². The van der Waals surface area contributed by atoms with Gasteiger partial charge in [-0.1, -0.05) is 38.5 Å². The Bertz CT molecular complexity index is 442. The molecule has 0 atom stereocenters. The number of allylic oxidation sites excluding steroid dienone is 1. The number of anilines is 1. The minimum Gasteiger partial charge on any atom is -0.343 e. The van der Waals surface area contributed by atoms with E-state index < -0.39 is 0 Å². The molecule has 0 fully saturated rings. The van der Waals surface area contributed by atoms with E-state index in [4.69, 9.17) is 0 Å². The zero-order chi connectivity index (χ0) is 12.8. The summed E-state index contributed by atoms with van der Waals surface area (Å²) in [5, 5.41) is 3.28. The average molecular weight is 230 g/mol. The van der Waals surface area contributed by atoms with Crippen molar-refractivity contribution in [2.75, 3.05) is 5.32 Å². The van der Waals surface area contributed by atoms with Crippen LogP contribution in [0.1, 0.15) is 45.2 Å². The molecule has 0 saturated carbocycles. The van der Waals surface area contributed by atoms with Gasteiger partial charge < -0.3 is 5.32 Å². The third-order valence-corrected chi connectivity index (χ3v) is 2.45. The van der Waals surface area contributed by atoms with Crippen molar-refractivity contribution < 1.29 is 0 Å². The lowest BCUT2D eigenvalue weighted by molar-refractivity contribution is 1.21. The Balaban J connectivity index is 0.000000686. The number of aliphatic imine (C=N–C) groups is 1. The topological polar surface area (TPSA) is 24.4 Å². The van der Waals surface area contributed by atoms with Gasteiger partial charge in [-0.2, -0.15) is 0 Å². The number of aryl methyl sites for hydroxylation is 1. The molecule has 2 heteroatoms. The highest BCUT2D eigenvalue weighted by Crippen LogP contribution is 2.30. The lowest BCUT2D eigenvalue weighted by atomic mass is 10.0. The molecule has 1 aliphatic rings. The van der Waals surface area contributed by atoms with Crippen molar-refractivity contribution in [2.24, 2.45) is 4.99 Å². The number of nitrogens with one attached hydrogen (secondary N) is 1. The highest BCUT2D eigenvalue weighted by Gasteiger charge is 2.12. The summed E-state index contributed by atoms with van der Waals surface area (Å²) in [7, 11) is 0. The molecule has 2 nitrogen and oxygen atoms in total. The van der Waals surface area contributed by atoms with E-state index in [1.807, 2.05) is 20.8 Å². The first-order chi connectivity index (χ1) is 8.20. The third-order valence-electron chi connectivity index (χ3n) is 2.45. The Morgan fingerprint density at radius 3 is 2.59 bits per heavy atom. The average Bonchev–Trinajstić information content (AvgIpc) is 2.33. The smallest absolute Gasteiger partial charge is 0.103 e. The fraction of sp³-hybridized carbons (Fsp3) is 0.400. The standard InChI is InChI=1S/C13H16N2.C2H6/c1-4-5-12-11-8-9(2)6-7-13(11)15-10(3)14-12;1-2/h5-8H,4H2,1-3H3,(H,14,15);1-2H3/b12-5-;. The van der Waals surface area contributed by atoms with Gasteiger partial charge in [-0.15, -0.1) is 0 Å². The fourth-order valence-electron chi connectivity index (χ4n) is 1.79. The predicted molar refractivity (Wildman–Crippen MR) is 77.5 cm³/mol. The largest absolute Gasteiger partial charge is 0.343 e. The molecule has 1 aromatic rings. The number of benzene rings is 1. The van der Waals surface area contributed by atoms with Gasteiger partial charge >= 0.3 is 0 Å². The first-order valence-corrected chi connectivity index (χ1v) is 6.34. The zero-order valence-electron chi connectivity index (χ0n) is 11.5. The van der Waals surface area contributed by atoms with Gasteiger partial charge in [-0.05, 0) is 32.4 Å². The normalized spacial score (nSPS) is 15.4. The molecule has 17 heavy (non-hydrogen) atoms. The Labute approximate surface area is 104 Å². The van der Waals surface area contributed by atoms with E-state index in [-0.39, 0.29) is 0 Å². The van der Waals surface area contributed by atoms with Gasteiger partial charge in [-0.25, -0.2) is 4.99 Å². The molecule has 0 spiro atoms. The van der Waals surface area contributed by atoms with Gasteiger partial charge in [0.15, 0.2) is 0 Å². The van der Waals surface area contributed by atoms with Gasteiger partial charge in [0.25, 0.3) is 0 Å². The van der Waals surface area contributed by atoms with Crippen LogP contribution in [0.2, 0.25) is 0 Å². The second-order valence-corrected chi connectivity index (χ2v) is 3.87. The van der Waals surface area contributed by atoms with Crippen LogP contribution in [0.5, 0.6) is 0 Å². The summed E-state index contributed by atoms with van der Waals surface area (Å²) < 4.78 is 0. The zero-order valence-corrected chi connectivity index (χ0v) is 11.5. The SMILES string of the molecule is CC.CC/C=C1\N=C(C)Nc2ccc(C)cc21. The molecule has 0 bridgehead atoms. The number of nitrogens with zero attached hydrogens (tertiary/aromatic N) is 1. The summed E-state index contributed by atoms with van der Waals surface area (Å²) in [5.41, 5.74) is 4.73. The van der Waals surface area contributed by atoms with Crippen LogP contribution >= 0.6 is 0 Å². The molecule has 92 valence electrons. The van der Waals surface area contributed by atoms with E-state index in [9.17, 15) is 0 Å². The molecule has 0 aromatic heterocycles. The molecule has 1 N–H and O–H groups in total. The summed E-state index contributed by atoms with van der Waals surface area (Å²) in [4.78, 5) is 4.52. The highest BCUT2D eigenvalue weighted by atomic mass is 15.0. The van der Waals surface area contributed by atoms with Crippen molar-refractivity contribution in [1.29, 1.82) is 0 Å². The third kappa shape index (κ3) is 3.19. The van der Waals surface area contributed by atoms with Crippen LogP contribution in [-0.4, -0.2) is 5.84 Å². The second-order valence-electron chi connectivity index (χ2n) is 3.87. The van der Waals surface area contributed by atoms with Crippen molar-refractivity contribution in [2.45, 2.75) is 41.0 Å². The molecule has 2 rings (SSSR count). The predicted octanol–water partition coefficient (Wildman–Crippen LogP) is 4.62. The summed E-state index contributed by atoms with van der Waals surface area (Å²) in [6.07, 6.45) is 3.18. The number of fused-ring (bicyclic) bond motifs is 1. The Hall–Kier alpha value is -1.57. The van der Waals surface area contributed by atoms with Gasteiger partial charge in [0.2, 0.25) is 0 Å². The van der Waals surface area contributed by atoms with Crippen LogP contribution in [0, 0.1) is 6.92 Å². The Morgan fingerprint density at radius 1 is 1.24 bits per heavy atom. The number of rotatable bonds is 1. The van der Waals surface area contributed by atoms with Gasteiger partial charge in [0, 0.05) is 11.3 Å². The lowest BCUT2D eigenvalue weighted by Crippen LogP contribution is -2.13. The Morgan fingerprint density at radius 2 is 1.94 bits per heavy atom. The van der Waals surface area contributed by atoms with Crippen LogP contribution in [-0.2, 0) is 0 Å². The van der Waals surface area contributed by atoms with E-state index in [2.05, 4.69) is 48.4 Å².